The van der Waals surface area contributed by atoms with Gasteiger partial charge in [0, 0.05) is 28.7 Å². The third kappa shape index (κ3) is 5.40. The van der Waals surface area contributed by atoms with E-state index in [1.807, 2.05) is 0 Å². The van der Waals surface area contributed by atoms with Gasteiger partial charge in [0.1, 0.15) is 0 Å². The molecule has 0 aliphatic carbocycles. The maximum Gasteiger partial charge on any atom is 0.276 e. The second-order valence-corrected chi connectivity index (χ2v) is 8.11. The van der Waals surface area contributed by atoms with Crippen LogP contribution >= 0.6 is 11.6 Å². The highest BCUT2D eigenvalue weighted by Crippen LogP contribution is 2.15. The first-order valence-corrected chi connectivity index (χ1v) is 10.3. The molecule has 0 aliphatic rings. The van der Waals surface area contributed by atoms with Crippen molar-refractivity contribution < 1.29 is 13.2 Å². The van der Waals surface area contributed by atoms with Gasteiger partial charge in [-0.1, -0.05) is 23.7 Å². The van der Waals surface area contributed by atoms with Crippen LogP contribution in [-0.2, 0) is 10.0 Å². The van der Waals surface area contributed by atoms with Gasteiger partial charge in [-0.05, 0) is 61.0 Å². The highest BCUT2D eigenvalue weighted by Gasteiger charge is 2.13. The van der Waals surface area contributed by atoms with E-state index in [4.69, 9.17) is 11.6 Å². The van der Waals surface area contributed by atoms with Crippen LogP contribution in [0.3, 0.4) is 0 Å². The van der Waals surface area contributed by atoms with Gasteiger partial charge in [0.25, 0.3) is 15.9 Å². The van der Waals surface area contributed by atoms with Crippen molar-refractivity contribution in [1.82, 2.24) is 9.82 Å². The lowest BCUT2D eigenvalue weighted by Crippen LogP contribution is -2.20. The Morgan fingerprint density at radius 1 is 1.00 bits per heavy atom. The minimum atomic E-state index is -3.82. The zero-order valence-corrected chi connectivity index (χ0v) is 16.9. The molecule has 2 aromatic carbocycles. The summed E-state index contributed by atoms with van der Waals surface area (Å²) in [5, 5.41) is 7.19. The average molecular weight is 429 g/mol. The molecule has 3 rings (SSSR count). The van der Waals surface area contributed by atoms with Crippen LogP contribution in [0.25, 0.3) is 0 Å². The van der Waals surface area contributed by atoms with E-state index < -0.39 is 10.0 Å². The normalized spacial score (nSPS) is 11.7. The number of hydrogen-bond acceptors (Lipinski definition) is 5. The predicted molar refractivity (Wildman–Crippen MR) is 113 cm³/mol. The van der Waals surface area contributed by atoms with Gasteiger partial charge in [-0.25, -0.2) is 0 Å². The molecule has 0 aliphatic heterocycles. The Kier molecular flexibility index (Phi) is 6.26. The van der Waals surface area contributed by atoms with Crippen molar-refractivity contribution >= 4 is 38.9 Å². The number of hydrogen-bond donors (Lipinski definition) is 2. The minimum Gasteiger partial charge on any atom is -0.322 e. The quantitative estimate of drug-likeness (QED) is 0.461. The molecular formula is C20H17ClN4O3S. The van der Waals surface area contributed by atoms with Gasteiger partial charge in [0.2, 0.25) is 0 Å². The second-order valence-electron chi connectivity index (χ2n) is 6.02. The Bertz CT molecular complexity index is 1150. The van der Waals surface area contributed by atoms with E-state index in [1.165, 1.54) is 36.7 Å². The van der Waals surface area contributed by atoms with Gasteiger partial charge in [0.15, 0.2) is 0 Å². The lowest BCUT2D eigenvalue weighted by atomic mass is 10.1. The molecule has 0 fully saturated rings. The fourth-order valence-corrected chi connectivity index (χ4v) is 3.37. The largest absolute Gasteiger partial charge is 0.322 e. The number of anilines is 1. The summed E-state index contributed by atoms with van der Waals surface area (Å²) in [6.07, 6.45) is 3.07. The molecule has 0 saturated heterocycles. The van der Waals surface area contributed by atoms with Crippen molar-refractivity contribution in [3.8, 4) is 0 Å². The van der Waals surface area contributed by atoms with Crippen LogP contribution in [0.1, 0.15) is 22.8 Å². The molecule has 0 bridgehead atoms. The first-order chi connectivity index (χ1) is 13.8. The molecule has 2 N–H and O–H groups in total. The fraction of sp³-hybridized carbons (Fsp3) is 0.0500. The van der Waals surface area contributed by atoms with Crippen molar-refractivity contribution in [1.29, 1.82) is 0 Å². The van der Waals surface area contributed by atoms with E-state index >= 15 is 0 Å². The summed E-state index contributed by atoms with van der Waals surface area (Å²) in [7, 11) is -3.82. The highest BCUT2D eigenvalue weighted by atomic mass is 35.5. The lowest BCUT2D eigenvalue weighted by Gasteiger charge is -2.08. The Labute approximate surface area is 173 Å². The van der Waals surface area contributed by atoms with Crippen LogP contribution in [0.2, 0.25) is 5.02 Å². The smallest absolute Gasteiger partial charge is 0.276 e. The molecule has 1 heterocycles. The Morgan fingerprint density at radius 3 is 2.38 bits per heavy atom. The lowest BCUT2D eigenvalue weighted by molar-refractivity contribution is 0.102. The van der Waals surface area contributed by atoms with Gasteiger partial charge < -0.3 is 5.32 Å². The number of pyridine rings is 1. The van der Waals surface area contributed by atoms with E-state index in [9.17, 15) is 13.2 Å². The van der Waals surface area contributed by atoms with E-state index in [0.717, 1.165) is 0 Å². The number of carbonyl (C=O) groups is 1. The molecule has 148 valence electrons. The van der Waals surface area contributed by atoms with Gasteiger partial charge >= 0.3 is 0 Å². The molecule has 0 unspecified atom stereocenters. The fourth-order valence-electron chi connectivity index (χ4n) is 2.39. The molecule has 0 radical (unpaired) electrons. The van der Waals surface area contributed by atoms with Crippen LogP contribution in [0.4, 0.5) is 5.69 Å². The average Bonchev–Trinajstić information content (AvgIpc) is 2.73. The van der Waals surface area contributed by atoms with E-state index in [1.54, 1.807) is 43.3 Å². The number of hydrazone groups is 1. The summed E-state index contributed by atoms with van der Waals surface area (Å²) in [5.41, 5.74) is 2.12. The number of nitrogens with one attached hydrogen (secondary N) is 2. The Morgan fingerprint density at radius 2 is 1.69 bits per heavy atom. The van der Waals surface area contributed by atoms with Crippen LogP contribution in [0, 0.1) is 0 Å². The number of carbonyl (C=O) groups excluding carboxylic acids is 1. The summed E-state index contributed by atoms with van der Waals surface area (Å²) in [4.78, 5) is 18.4. The maximum absolute atomic E-state index is 12.3. The number of benzene rings is 2. The molecule has 7 nitrogen and oxygen atoms in total. The van der Waals surface area contributed by atoms with Gasteiger partial charge in [-0.2, -0.15) is 18.4 Å². The van der Waals surface area contributed by atoms with E-state index in [-0.39, 0.29) is 10.8 Å². The van der Waals surface area contributed by atoms with Crippen molar-refractivity contribution in [3.63, 3.8) is 0 Å². The predicted octanol–water partition coefficient (Wildman–Crippen LogP) is 3.69. The third-order valence-electron chi connectivity index (χ3n) is 3.94. The number of halogens is 1. The van der Waals surface area contributed by atoms with Crippen molar-refractivity contribution in [2.24, 2.45) is 5.10 Å². The van der Waals surface area contributed by atoms with Gasteiger partial charge in [-0.15, -0.1) is 0 Å². The molecule has 1 amide bonds. The monoisotopic (exact) mass is 428 g/mol. The number of aromatic nitrogens is 1. The molecule has 0 spiro atoms. The molecular weight excluding hydrogens is 412 g/mol. The molecule has 1 aromatic heterocycles. The molecule has 29 heavy (non-hydrogen) atoms. The topological polar surface area (TPSA) is 101 Å². The number of sulfonamides is 1. The molecule has 0 atom stereocenters. The Balaban J connectivity index is 1.74. The summed E-state index contributed by atoms with van der Waals surface area (Å²) in [6.45, 7) is 1.66. The van der Waals surface area contributed by atoms with Crippen molar-refractivity contribution in [2.75, 3.05) is 5.32 Å². The molecule has 3 aromatic rings. The zero-order chi connectivity index (χ0) is 20.9. The van der Waals surface area contributed by atoms with Crippen LogP contribution in [-0.4, -0.2) is 25.0 Å². The number of rotatable bonds is 6. The highest BCUT2D eigenvalue weighted by molar-refractivity contribution is 7.89. The van der Waals surface area contributed by atoms with Crippen LogP contribution < -0.4 is 10.1 Å². The minimum absolute atomic E-state index is 0.0526. The third-order valence-corrected chi connectivity index (χ3v) is 5.41. The summed E-state index contributed by atoms with van der Waals surface area (Å²) < 4.78 is 24.7. The van der Waals surface area contributed by atoms with Gasteiger partial charge in [0.05, 0.1) is 10.6 Å². The summed E-state index contributed by atoms with van der Waals surface area (Å²) in [5.74, 6) is -0.275. The maximum atomic E-state index is 12.3. The van der Waals surface area contributed by atoms with Gasteiger partial charge in [-0.3, -0.25) is 9.78 Å². The number of amides is 1. The summed E-state index contributed by atoms with van der Waals surface area (Å²) >= 11 is 5.78. The molecule has 0 saturated carbocycles. The van der Waals surface area contributed by atoms with E-state index in [2.05, 4.69) is 20.2 Å². The first-order valence-electron chi connectivity index (χ1n) is 8.49. The van der Waals surface area contributed by atoms with Crippen LogP contribution in [0.5, 0.6) is 0 Å². The number of nitrogens with zero attached hydrogens (tertiary/aromatic N) is 2. The van der Waals surface area contributed by atoms with Crippen molar-refractivity contribution in [2.45, 2.75) is 11.8 Å². The summed E-state index contributed by atoms with van der Waals surface area (Å²) in [6, 6.07) is 15.9. The zero-order valence-electron chi connectivity index (χ0n) is 15.3. The second kappa shape index (κ2) is 8.85. The molecule has 9 heteroatoms. The van der Waals surface area contributed by atoms with E-state index in [0.29, 0.717) is 27.5 Å². The first kappa shape index (κ1) is 20.5. The van der Waals surface area contributed by atoms with Crippen molar-refractivity contribution in [3.05, 3.63) is 89.2 Å². The Hall–Kier alpha value is -3.23. The standard InChI is InChI=1S/C20H17ClN4O3S/c1-14(24-25-29(27,28)19-7-5-17(21)6-8-19)16-3-2-4-18(13-16)23-20(26)15-9-11-22-12-10-15/h2-13,25H,1H3,(H,23,26)/b24-14+. The SMILES string of the molecule is C/C(=N\NS(=O)(=O)c1ccc(Cl)cc1)c1cccc(NC(=O)c2ccncc2)c1. The van der Waals surface area contributed by atoms with Crippen LogP contribution in [0.15, 0.2) is 83.1 Å².